The molecule has 0 aliphatic carbocycles. The number of hydrogen-bond donors (Lipinski definition) is 1. The maximum Gasteiger partial charge on any atom is 0.0801 e. The highest BCUT2D eigenvalue weighted by molar-refractivity contribution is 7.13. The van der Waals surface area contributed by atoms with Crippen LogP contribution in [0.25, 0.3) is 10.4 Å². The number of aryl methyl sites for hydroxylation is 1. The first-order valence-electron chi connectivity index (χ1n) is 6.09. The Balaban J connectivity index is 2.15. The topological polar surface area (TPSA) is 38.9 Å². The molecule has 1 heterocycles. The summed E-state index contributed by atoms with van der Waals surface area (Å²) in [6, 6.07) is 8.58. The number of allylic oxidation sites excluding steroid dienone is 1. The molecule has 0 saturated carbocycles. The summed E-state index contributed by atoms with van der Waals surface area (Å²) in [6.07, 6.45) is 3.81. The summed E-state index contributed by atoms with van der Waals surface area (Å²) in [6.45, 7) is 5.76. The summed E-state index contributed by atoms with van der Waals surface area (Å²) < 4.78 is 0. The van der Waals surface area contributed by atoms with Gasteiger partial charge in [-0.15, -0.1) is 17.9 Å². The molecule has 1 atom stereocenters. The van der Waals surface area contributed by atoms with Crippen molar-refractivity contribution in [2.24, 2.45) is 5.73 Å². The molecular formula is C15H18N2S. The number of rotatable bonds is 5. The molecule has 1 aromatic heterocycles. The lowest BCUT2D eigenvalue weighted by atomic mass is 10.0. The zero-order valence-corrected chi connectivity index (χ0v) is 11.4. The highest BCUT2D eigenvalue weighted by atomic mass is 32.1. The van der Waals surface area contributed by atoms with E-state index in [0.717, 1.165) is 18.5 Å². The Labute approximate surface area is 112 Å². The average Bonchev–Trinajstić information content (AvgIpc) is 2.82. The molecule has 0 unspecified atom stereocenters. The minimum Gasteiger partial charge on any atom is -0.324 e. The van der Waals surface area contributed by atoms with Crippen molar-refractivity contribution in [1.29, 1.82) is 0 Å². The van der Waals surface area contributed by atoms with Crippen LogP contribution in [-0.4, -0.2) is 4.98 Å². The van der Waals surface area contributed by atoms with Crippen LogP contribution in [0.5, 0.6) is 0 Å². The molecule has 0 aliphatic heterocycles. The fourth-order valence-electron chi connectivity index (χ4n) is 1.92. The lowest BCUT2D eigenvalue weighted by Crippen LogP contribution is -2.09. The second-order valence-corrected chi connectivity index (χ2v) is 5.22. The van der Waals surface area contributed by atoms with E-state index in [1.807, 2.05) is 18.5 Å². The van der Waals surface area contributed by atoms with Crippen LogP contribution in [0.2, 0.25) is 0 Å². The molecule has 1 aromatic carbocycles. The Morgan fingerprint density at radius 3 is 2.67 bits per heavy atom. The molecule has 3 heteroatoms. The van der Waals surface area contributed by atoms with Gasteiger partial charge in [-0.2, -0.15) is 0 Å². The monoisotopic (exact) mass is 258 g/mol. The lowest BCUT2D eigenvalue weighted by molar-refractivity contribution is 0.661. The molecule has 0 fully saturated rings. The maximum absolute atomic E-state index is 6.12. The van der Waals surface area contributed by atoms with E-state index >= 15 is 0 Å². The van der Waals surface area contributed by atoms with Crippen LogP contribution in [0.15, 0.2) is 42.4 Å². The van der Waals surface area contributed by atoms with Crippen LogP contribution in [-0.2, 0) is 0 Å². The van der Waals surface area contributed by atoms with E-state index in [1.165, 1.54) is 16.0 Å². The Morgan fingerprint density at radius 2 is 2.11 bits per heavy atom. The van der Waals surface area contributed by atoms with Gasteiger partial charge in [0.1, 0.15) is 0 Å². The normalized spacial score (nSPS) is 12.3. The van der Waals surface area contributed by atoms with Crippen LogP contribution in [0, 0.1) is 6.92 Å². The molecule has 0 saturated heterocycles. The van der Waals surface area contributed by atoms with Crippen molar-refractivity contribution in [3.05, 3.63) is 53.7 Å². The largest absolute Gasteiger partial charge is 0.324 e. The van der Waals surface area contributed by atoms with Gasteiger partial charge in [0.05, 0.1) is 16.1 Å². The maximum atomic E-state index is 6.12. The second kappa shape index (κ2) is 5.94. The molecule has 0 spiro atoms. The van der Waals surface area contributed by atoms with E-state index in [9.17, 15) is 0 Å². The molecule has 2 rings (SSSR count). The third-order valence-corrected chi connectivity index (χ3v) is 4.01. The summed E-state index contributed by atoms with van der Waals surface area (Å²) in [4.78, 5) is 5.51. The third-order valence-electron chi connectivity index (χ3n) is 3.03. The van der Waals surface area contributed by atoms with Gasteiger partial charge in [-0.25, -0.2) is 4.98 Å². The number of nitrogens with zero attached hydrogens (tertiary/aromatic N) is 1. The predicted octanol–water partition coefficient (Wildman–Crippen LogP) is 4.08. The predicted molar refractivity (Wildman–Crippen MR) is 78.6 cm³/mol. The van der Waals surface area contributed by atoms with Crippen molar-refractivity contribution >= 4 is 11.3 Å². The van der Waals surface area contributed by atoms with Crippen molar-refractivity contribution in [2.75, 3.05) is 0 Å². The molecule has 2 nitrogen and oxygen atoms in total. The van der Waals surface area contributed by atoms with Crippen LogP contribution < -0.4 is 5.73 Å². The molecule has 0 bridgehead atoms. The van der Waals surface area contributed by atoms with Crippen molar-refractivity contribution in [3.8, 4) is 10.4 Å². The summed E-state index contributed by atoms with van der Waals surface area (Å²) in [5.74, 6) is 0. The zero-order valence-electron chi connectivity index (χ0n) is 10.6. The molecular weight excluding hydrogens is 240 g/mol. The second-order valence-electron chi connectivity index (χ2n) is 4.36. The summed E-state index contributed by atoms with van der Waals surface area (Å²) in [5, 5.41) is 0. The van der Waals surface area contributed by atoms with Crippen LogP contribution in [0.1, 0.15) is 30.1 Å². The number of nitrogens with two attached hydrogens (primary N) is 1. The average molecular weight is 258 g/mol. The number of hydrogen-bond acceptors (Lipinski definition) is 3. The van der Waals surface area contributed by atoms with Crippen molar-refractivity contribution < 1.29 is 0 Å². The third kappa shape index (κ3) is 2.86. The molecule has 94 valence electrons. The highest BCUT2D eigenvalue weighted by Crippen LogP contribution is 2.28. The molecule has 0 amide bonds. The fourth-order valence-corrected chi connectivity index (χ4v) is 2.74. The van der Waals surface area contributed by atoms with Gasteiger partial charge >= 0.3 is 0 Å². The van der Waals surface area contributed by atoms with Gasteiger partial charge in [0.25, 0.3) is 0 Å². The Morgan fingerprint density at radius 1 is 1.39 bits per heavy atom. The molecule has 2 aromatic rings. The van der Waals surface area contributed by atoms with Crippen molar-refractivity contribution in [1.82, 2.24) is 4.98 Å². The molecule has 18 heavy (non-hydrogen) atoms. The van der Waals surface area contributed by atoms with Gasteiger partial charge in [0.2, 0.25) is 0 Å². The van der Waals surface area contributed by atoms with Gasteiger partial charge in [-0.05, 0) is 30.9 Å². The number of thiazole rings is 1. The van der Waals surface area contributed by atoms with Gasteiger partial charge in [0, 0.05) is 6.04 Å². The smallest absolute Gasteiger partial charge is 0.0801 e. The minimum atomic E-state index is 0.0969. The van der Waals surface area contributed by atoms with Gasteiger partial charge in [-0.1, -0.05) is 30.3 Å². The van der Waals surface area contributed by atoms with Crippen LogP contribution in [0.3, 0.4) is 0 Å². The molecule has 0 radical (unpaired) electrons. The first-order chi connectivity index (χ1) is 8.72. The summed E-state index contributed by atoms with van der Waals surface area (Å²) in [7, 11) is 0. The Hall–Kier alpha value is -1.45. The lowest BCUT2D eigenvalue weighted by Gasteiger charge is -2.11. The number of aromatic nitrogens is 1. The zero-order chi connectivity index (χ0) is 13.0. The van der Waals surface area contributed by atoms with E-state index in [1.54, 1.807) is 11.3 Å². The highest BCUT2D eigenvalue weighted by Gasteiger charge is 2.07. The van der Waals surface area contributed by atoms with E-state index in [0.29, 0.717) is 0 Å². The first-order valence-corrected chi connectivity index (χ1v) is 6.97. The van der Waals surface area contributed by atoms with E-state index in [-0.39, 0.29) is 6.04 Å². The standard InChI is InChI=1S/C15H18N2S/c1-3-4-5-14(16)12-6-8-13(9-7-12)15-11(2)17-10-18-15/h3,6-10,14H,1,4-5,16H2,2H3/t14-/m0/s1. The van der Waals surface area contributed by atoms with Crippen molar-refractivity contribution in [3.63, 3.8) is 0 Å². The van der Waals surface area contributed by atoms with Gasteiger partial charge in [-0.3, -0.25) is 0 Å². The van der Waals surface area contributed by atoms with Gasteiger partial charge < -0.3 is 5.73 Å². The summed E-state index contributed by atoms with van der Waals surface area (Å²) in [5.41, 5.74) is 11.5. The molecule has 0 aliphatic rings. The SMILES string of the molecule is C=CCC[C@H](N)c1ccc(-c2scnc2C)cc1. The van der Waals surface area contributed by atoms with Crippen LogP contribution >= 0.6 is 11.3 Å². The van der Waals surface area contributed by atoms with E-state index in [2.05, 4.69) is 35.8 Å². The minimum absolute atomic E-state index is 0.0969. The van der Waals surface area contributed by atoms with Crippen LogP contribution in [0.4, 0.5) is 0 Å². The first kappa shape index (κ1) is 13.0. The quantitative estimate of drug-likeness (QED) is 0.821. The number of benzene rings is 1. The van der Waals surface area contributed by atoms with E-state index < -0.39 is 0 Å². The summed E-state index contributed by atoms with van der Waals surface area (Å²) >= 11 is 1.68. The fraction of sp³-hybridized carbons (Fsp3) is 0.267. The Bertz CT molecular complexity index is 514. The van der Waals surface area contributed by atoms with Gasteiger partial charge in [0.15, 0.2) is 0 Å². The van der Waals surface area contributed by atoms with Crippen molar-refractivity contribution in [2.45, 2.75) is 25.8 Å². The molecule has 2 N–H and O–H groups in total. The Kier molecular flexibility index (Phi) is 4.28. The van der Waals surface area contributed by atoms with E-state index in [4.69, 9.17) is 5.73 Å².